The zero-order chi connectivity index (χ0) is 15.4. The maximum Gasteiger partial charge on any atom is 0.417 e. The summed E-state index contributed by atoms with van der Waals surface area (Å²) < 4.78 is 39.2. The second-order valence-electron chi connectivity index (χ2n) is 4.78. The maximum absolute atomic E-state index is 12.6. The fourth-order valence-electron chi connectivity index (χ4n) is 1.98. The van der Waals surface area contributed by atoms with Gasteiger partial charge in [-0.3, -0.25) is 9.89 Å². The van der Waals surface area contributed by atoms with E-state index in [2.05, 4.69) is 26.0 Å². The van der Waals surface area contributed by atoms with Crippen LogP contribution in [0.3, 0.4) is 0 Å². The molecule has 1 N–H and O–H groups in total. The number of hydrogen-bond donors (Lipinski definition) is 1. The zero-order valence-electron chi connectivity index (χ0n) is 10.3. The van der Waals surface area contributed by atoms with Gasteiger partial charge in [0.15, 0.2) is 5.82 Å². The molecule has 0 amide bonds. The van der Waals surface area contributed by atoms with Crippen molar-refractivity contribution in [1.29, 1.82) is 0 Å². The summed E-state index contributed by atoms with van der Waals surface area (Å²) in [7, 11) is 0. The van der Waals surface area contributed by atoms with Crippen molar-refractivity contribution in [3.05, 3.63) is 43.4 Å². The number of nitrogens with zero attached hydrogens (tertiary/aromatic N) is 2. The molecule has 112 valence electrons. The van der Waals surface area contributed by atoms with Crippen molar-refractivity contribution >= 4 is 27.5 Å². The summed E-state index contributed by atoms with van der Waals surface area (Å²) in [5.41, 5.74) is -0.666. The molecule has 1 aliphatic carbocycles. The highest BCUT2D eigenvalue weighted by Gasteiger charge is 2.33. The Morgan fingerprint density at radius 2 is 2.10 bits per heavy atom. The molecule has 0 spiro atoms. The molecule has 4 nitrogen and oxygen atoms in total. The highest BCUT2D eigenvalue weighted by molar-refractivity contribution is 9.10. The largest absolute Gasteiger partial charge is 0.417 e. The predicted molar refractivity (Wildman–Crippen MR) is 73.9 cm³/mol. The van der Waals surface area contributed by atoms with Crippen LogP contribution in [-0.4, -0.2) is 14.8 Å². The molecular formula is C12H8BrClF3N3O. The highest BCUT2D eigenvalue weighted by Crippen LogP contribution is 2.41. The molecule has 0 radical (unpaired) electrons. The van der Waals surface area contributed by atoms with E-state index in [4.69, 9.17) is 11.6 Å². The molecule has 2 aromatic rings. The molecule has 1 aliphatic rings. The first-order valence-electron chi connectivity index (χ1n) is 6.02. The Morgan fingerprint density at radius 1 is 1.43 bits per heavy atom. The van der Waals surface area contributed by atoms with Crippen LogP contribution in [0.4, 0.5) is 13.2 Å². The van der Waals surface area contributed by atoms with Crippen molar-refractivity contribution in [1.82, 2.24) is 14.8 Å². The molecular weight excluding hydrogens is 375 g/mol. The lowest BCUT2D eigenvalue weighted by atomic mass is 10.3. The van der Waals surface area contributed by atoms with E-state index >= 15 is 0 Å². The fourth-order valence-corrected chi connectivity index (χ4v) is 2.82. The van der Waals surface area contributed by atoms with E-state index in [0.29, 0.717) is 10.7 Å². The molecule has 21 heavy (non-hydrogen) atoms. The van der Waals surface area contributed by atoms with Gasteiger partial charge in [0.25, 0.3) is 5.56 Å². The summed E-state index contributed by atoms with van der Waals surface area (Å²) in [6.45, 7) is 0. The van der Waals surface area contributed by atoms with Crippen LogP contribution in [-0.2, 0) is 6.18 Å². The van der Waals surface area contributed by atoms with E-state index in [1.54, 1.807) is 0 Å². The number of aromatic amines is 1. The average molecular weight is 383 g/mol. The quantitative estimate of drug-likeness (QED) is 0.857. The predicted octanol–water partition coefficient (Wildman–Crippen LogP) is 3.87. The Balaban J connectivity index is 2.09. The van der Waals surface area contributed by atoms with Gasteiger partial charge in [-0.1, -0.05) is 11.6 Å². The van der Waals surface area contributed by atoms with E-state index in [1.807, 2.05) is 0 Å². The number of H-pyrrole nitrogens is 1. The van der Waals surface area contributed by atoms with Gasteiger partial charge in [-0.15, -0.1) is 0 Å². The second-order valence-corrected chi connectivity index (χ2v) is 5.98. The Labute approximate surface area is 130 Å². The molecule has 0 saturated heterocycles. The van der Waals surface area contributed by atoms with Gasteiger partial charge in [-0.05, 0) is 34.8 Å². The number of nitrogens with one attached hydrogen (secondary N) is 1. The van der Waals surface area contributed by atoms with Crippen LogP contribution in [0.15, 0.2) is 21.5 Å². The Bertz CT molecular complexity index is 764. The summed E-state index contributed by atoms with van der Waals surface area (Å²) in [6.07, 6.45) is -1.95. The van der Waals surface area contributed by atoms with Crippen molar-refractivity contribution in [3.8, 4) is 5.82 Å². The average Bonchev–Trinajstić information content (AvgIpc) is 3.19. The maximum atomic E-state index is 12.6. The Hall–Kier alpha value is -1.28. The fraction of sp³-hybridized carbons (Fsp3) is 0.333. The number of hydrogen-bond acceptors (Lipinski definition) is 2. The third-order valence-electron chi connectivity index (χ3n) is 3.21. The molecule has 0 atom stereocenters. The van der Waals surface area contributed by atoms with E-state index in [0.717, 1.165) is 29.3 Å². The van der Waals surface area contributed by atoms with Gasteiger partial charge in [-0.25, -0.2) is 4.98 Å². The first-order chi connectivity index (χ1) is 9.79. The minimum absolute atomic E-state index is 0.0535. The normalized spacial score (nSPS) is 15.5. The van der Waals surface area contributed by atoms with Crippen LogP contribution in [0.1, 0.15) is 30.0 Å². The van der Waals surface area contributed by atoms with Crippen LogP contribution in [0, 0.1) is 0 Å². The van der Waals surface area contributed by atoms with Crippen LogP contribution in [0.5, 0.6) is 0 Å². The number of halogens is 5. The van der Waals surface area contributed by atoms with Gasteiger partial charge in [0.1, 0.15) is 4.47 Å². The molecule has 1 fully saturated rings. The van der Waals surface area contributed by atoms with E-state index in [9.17, 15) is 18.0 Å². The summed E-state index contributed by atoms with van der Waals surface area (Å²) >= 11 is 9.04. The first-order valence-corrected chi connectivity index (χ1v) is 7.19. The topological polar surface area (TPSA) is 50.7 Å². The number of rotatable bonds is 2. The Morgan fingerprint density at radius 3 is 2.62 bits per heavy atom. The number of pyridine rings is 1. The lowest BCUT2D eigenvalue weighted by Crippen LogP contribution is -2.17. The SMILES string of the molecule is O=c1c(Br)c(C2CC2)[nH]n1-c1ncc(C(F)(F)F)cc1Cl. The molecule has 0 aliphatic heterocycles. The second kappa shape index (κ2) is 4.88. The van der Waals surface area contributed by atoms with Crippen molar-refractivity contribution < 1.29 is 13.2 Å². The van der Waals surface area contributed by atoms with Crippen LogP contribution in [0.25, 0.3) is 5.82 Å². The van der Waals surface area contributed by atoms with Gasteiger partial charge in [0, 0.05) is 12.1 Å². The van der Waals surface area contributed by atoms with Gasteiger partial charge in [-0.2, -0.15) is 17.9 Å². The summed E-state index contributed by atoms with van der Waals surface area (Å²) in [5.74, 6) is 0.212. The van der Waals surface area contributed by atoms with Crippen LogP contribution in [0.2, 0.25) is 5.02 Å². The standard InChI is InChI=1S/C12H8BrClF3N3O/c13-8-9(5-1-2-5)19-20(11(8)21)10-7(14)3-6(4-18-10)12(15,16)17/h3-5,19H,1-2H2. The minimum Gasteiger partial charge on any atom is -0.292 e. The van der Waals surface area contributed by atoms with Crippen molar-refractivity contribution in [2.45, 2.75) is 24.9 Å². The monoisotopic (exact) mass is 381 g/mol. The van der Waals surface area contributed by atoms with E-state index in [-0.39, 0.29) is 16.8 Å². The van der Waals surface area contributed by atoms with E-state index in [1.165, 1.54) is 0 Å². The van der Waals surface area contributed by atoms with Crippen LogP contribution >= 0.6 is 27.5 Å². The number of alkyl halides is 3. The van der Waals surface area contributed by atoms with Crippen molar-refractivity contribution in [2.24, 2.45) is 0 Å². The van der Waals surface area contributed by atoms with Crippen LogP contribution < -0.4 is 5.56 Å². The van der Waals surface area contributed by atoms with Gasteiger partial charge in [0.05, 0.1) is 16.3 Å². The molecule has 0 unspecified atom stereocenters. The smallest absolute Gasteiger partial charge is 0.292 e. The van der Waals surface area contributed by atoms with E-state index < -0.39 is 17.3 Å². The van der Waals surface area contributed by atoms with Gasteiger partial charge in [0.2, 0.25) is 0 Å². The Kier molecular flexibility index (Phi) is 3.40. The van der Waals surface area contributed by atoms with Crippen molar-refractivity contribution in [3.63, 3.8) is 0 Å². The van der Waals surface area contributed by atoms with Gasteiger partial charge >= 0.3 is 6.18 Å². The summed E-state index contributed by atoms with van der Waals surface area (Å²) in [6, 6.07) is 0.752. The molecule has 0 bridgehead atoms. The van der Waals surface area contributed by atoms with Gasteiger partial charge < -0.3 is 0 Å². The number of aromatic nitrogens is 3. The lowest BCUT2D eigenvalue weighted by molar-refractivity contribution is -0.137. The lowest BCUT2D eigenvalue weighted by Gasteiger charge is -2.09. The third-order valence-corrected chi connectivity index (χ3v) is 4.25. The first kappa shape index (κ1) is 14.6. The zero-order valence-corrected chi connectivity index (χ0v) is 12.7. The highest BCUT2D eigenvalue weighted by atomic mass is 79.9. The summed E-state index contributed by atoms with van der Waals surface area (Å²) in [5, 5.41) is 2.61. The molecule has 2 aromatic heterocycles. The molecule has 0 aromatic carbocycles. The minimum atomic E-state index is -4.53. The molecule has 1 saturated carbocycles. The third kappa shape index (κ3) is 2.62. The van der Waals surface area contributed by atoms with Crippen molar-refractivity contribution in [2.75, 3.05) is 0 Å². The molecule has 2 heterocycles. The molecule has 9 heteroatoms. The molecule has 3 rings (SSSR count). The summed E-state index contributed by atoms with van der Waals surface area (Å²) in [4.78, 5) is 15.8.